The Morgan fingerprint density at radius 2 is 1.53 bits per heavy atom. The van der Waals surface area contributed by atoms with Crippen molar-refractivity contribution < 1.29 is 94.3 Å². The topological polar surface area (TPSA) is 260 Å². The maximum absolute atomic E-state index is 13.0. The second-order valence-corrected chi connectivity index (χ2v) is 9.86. The number of phenols is 2. The minimum atomic E-state index is -2.76. The number of aliphatic hydroxyl groups excluding tert-OH is 3. The fraction of sp³-hybridized carbons (Fsp3) is 0.552. The van der Waals surface area contributed by atoms with Gasteiger partial charge in [-0.1, -0.05) is 6.07 Å². The fourth-order valence-corrected chi connectivity index (χ4v) is 4.66. The molecule has 18 heteroatoms. The number of esters is 5. The average Bonchev–Trinajstić information content (AvgIpc) is 3.39. The van der Waals surface area contributed by atoms with E-state index in [1.807, 2.05) is 0 Å². The van der Waals surface area contributed by atoms with Gasteiger partial charge < -0.3 is 63.4 Å². The molecule has 260 valence electrons. The van der Waals surface area contributed by atoms with Gasteiger partial charge in [0.15, 0.2) is 35.9 Å². The van der Waals surface area contributed by atoms with E-state index in [2.05, 4.69) is 0 Å². The van der Waals surface area contributed by atoms with Crippen molar-refractivity contribution in [3.8, 4) is 11.5 Å². The lowest BCUT2D eigenvalue weighted by Crippen LogP contribution is -2.65. The van der Waals surface area contributed by atoms with E-state index in [0.717, 1.165) is 12.1 Å². The Balaban J connectivity index is 2.09. The van der Waals surface area contributed by atoms with Gasteiger partial charge in [-0.25, -0.2) is 4.79 Å². The molecule has 2 fully saturated rings. The van der Waals surface area contributed by atoms with Crippen molar-refractivity contribution in [1.82, 2.24) is 0 Å². The van der Waals surface area contributed by atoms with E-state index in [0.29, 0.717) is 6.08 Å². The van der Waals surface area contributed by atoms with Crippen LogP contribution < -0.4 is 0 Å². The maximum Gasteiger partial charge on any atom is 0.331 e. The first-order valence-corrected chi connectivity index (χ1v) is 13.4. The molecule has 47 heavy (non-hydrogen) atoms. The third-order valence-corrected chi connectivity index (χ3v) is 6.57. The summed E-state index contributed by atoms with van der Waals surface area (Å²) in [6.07, 6.45) is -15.1. The van der Waals surface area contributed by atoms with Crippen molar-refractivity contribution >= 4 is 35.9 Å². The quantitative estimate of drug-likeness (QED) is 0.0734. The van der Waals surface area contributed by atoms with Crippen LogP contribution >= 0.6 is 0 Å². The van der Waals surface area contributed by atoms with Crippen LogP contribution in [0, 0.1) is 0 Å². The van der Waals surface area contributed by atoms with Crippen LogP contribution in [0.4, 0.5) is 0 Å². The van der Waals surface area contributed by atoms with Crippen molar-refractivity contribution in [3.05, 3.63) is 29.8 Å². The van der Waals surface area contributed by atoms with Gasteiger partial charge in [0.1, 0.15) is 31.5 Å². The van der Waals surface area contributed by atoms with Gasteiger partial charge in [-0.2, -0.15) is 0 Å². The molecular formula is C29H36O18. The number of rotatable bonds is 12. The van der Waals surface area contributed by atoms with Gasteiger partial charge in [0.25, 0.3) is 0 Å². The van der Waals surface area contributed by atoms with Crippen molar-refractivity contribution in [2.45, 2.75) is 82.4 Å². The maximum atomic E-state index is 13.0. The zero-order chi connectivity index (χ0) is 38.7. The van der Waals surface area contributed by atoms with Crippen molar-refractivity contribution in [1.29, 1.82) is 0 Å². The van der Waals surface area contributed by atoms with Crippen LogP contribution in [-0.2, 0) is 61.9 Å². The molecule has 1 aromatic rings. The molecule has 2 unspecified atom stereocenters. The number of carbonyl (C=O) groups excluding carboxylic acids is 5. The lowest BCUT2D eigenvalue weighted by atomic mass is 9.97. The summed E-state index contributed by atoms with van der Waals surface area (Å²) in [5.74, 6) is -10.3. The monoisotopic (exact) mass is 677 g/mol. The highest BCUT2D eigenvalue weighted by molar-refractivity contribution is 5.87. The van der Waals surface area contributed by atoms with Gasteiger partial charge in [-0.05, 0) is 23.7 Å². The lowest BCUT2D eigenvalue weighted by molar-refractivity contribution is -0.384. The van der Waals surface area contributed by atoms with E-state index in [-0.39, 0.29) is 5.56 Å². The van der Waals surface area contributed by atoms with Crippen LogP contribution in [0.3, 0.4) is 0 Å². The smallest absolute Gasteiger partial charge is 0.331 e. The van der Waals surface area contributed by atoms with Crippen LogP contribution in [-0.4, -0.2) is 130 Å². The van der Waals surface area contributed by atoms with E-state index >= 15 is 0 Å². The van der Waals surface area contributed by atoms with Gasteiger partial charge in [-0.3, -0.25) is 19.2 Å². The van der Waals surface area contributed by atoms with Gasteiger partial charge in [0.05, 0.1) is 7.98 Å². The van der Waals surface area contributed by atoms with Gasteiger partial charge in [0, 0.05) is 39.2 Å². The second-order valence-electron chi connectivity index (χ2n) is 9.86. The molecule has 2 saturated heterocycles. The molecule has 2 aliphatic rings. The first-order valence-electron chi connectivity index (χ1n) is 16.7. The molecule has 0 amide bonds. The molecule has 0 bridgehead atoms. The van der Waals surface area contributed by atoms with Crippen molar-refractivity contribution in [2.24, 2.45) is 0 Å². The minimum Gasteiger partial charge on any atom is -0.504 e. The molecule has 9 atom stereocenters. The molecular weight excluding hydrogens is 636 g/mol. The number of hydrogen-bond donors (Lipinski definition) is 5. The Bertz CT molecular complexity index is 1480. The molecule has 2 aliphatic heterocycles. The van der Waals surface area contributed by atoms with Crippen LogP contribution in [0.15, 0.2) is 24.3 Å². The van der Waals surface area contributed by atoms with Crippen molar-refractivity contribution in [3.63, 3.8) is 0 Å². The highest BCUT2D eigenvalue weighted by Crippen LogP contribution is 2.39. The molecule has 2 heterocycles. The summed E-state index contributed by atoms with van der Waals surface area (Å²) in [4.78, 5) is 62.0. The Kier molecular flexibility index (Phi) is 10.2. The summed E-state index contributed by atoms with van der Waals surface area (Å²) in [5.41, 5.74) is -0.0749. The third kappa shape index (κ3) is 9.37. The van der Waals surface area contributed by atoms with E-state index < -0.39 is 150 Å². The molecule has 18 nitrogen and oxygen atoms in total. The van der Waals surface area contributed by atoms with Crippen LogP contribution in [0.5, 0.6) is 11.5 Å². The molecule has 5 N–H and O–H groups in total. The molecule has 0 spiro atoms. The standard InChI is InChI=1S/C29H36O18/c1-13(32)40-11-21-24(41-14(2)33)25(42-15(3)34)26(43-16(4)35)28(44-21)47-29(12-31)27(23(39)20(10-30)46-29)45-22(38)8-6-17-5-7-18(36)19(37)9-17/h5-9,20-21,23-28,30-31,36-37,39H,10-12H2,1-4H3/b8-6+/t20-,21-,23-,24-,25+,26-,27+,28?,29?/m1/s1/i1D,2D,3D,4D,6D. The number of hydrogen-bond acceptors (Lipinski definition) is 18. The SMILES string of the molecule is [2H]CC(=O)OC[C@H]1OC(OC2(CO)O[C@H](CO)[C@@H](O)[C@@H]2OC(=O)/C=C(\[2H])c2ccc(O)c(O)c2)[C@H](OC(=O)C[2H])[C@@H](OC(=O)C[2H])[C@@H]1OC(=O)C[2H]. The predicted molar refractivity (Wildman–Crippen MR) is 150 cm³/mol. The molecule has 3 rings (SSSR count). The summed E-state index contributed by atoms with van der Waals surface area (Å²) in [5, 5.41) is 50.8. The highest BCUT2D eigenvalue weighted by Gasteiger charge is 2.62. The second kappa shape index (κ2) is 16.0. The van der Waals surface area contributed by atoms with Crippen LogP contribution in [0.25, 0.3) is 6.05 Å². The number of phenolic OH excluding ortho intramolecular Hbond substituents is 2. The zero-order valence-corrected chi connectivity index (χ0v) is 24.4. The number of benzene rings is 1. The van der Waals surface area contributed by atoms with E-state index in [4.69, 9.17) is 44.7 Å². The number of aliphatic hydroxyl groups is 3. The fourth-order valence-electron chi connectivity index (χ4n) is 4.66. The summed E-state index contributed by atoms with van der Waals surface area (Å²) in [7, 11) is 0. The number of aromatic hydroxyl groups is 2. The molecule has 0 saturated carbocycles. The van der Waals surface area contributed by atoms with Gasteiger partial charge in [0.2, 0.25) is 12.1 Å². The first-order chi connectivity index (χ1) is 24.7. The average molecular weight is 678 g/mol. The van der Waals surface area contributed by atoms with Crippen molar-refractivity contribution in [2.75, 3.05) is 19.8 Å². The zero-order valence-electron chi connectivity index (χ0n) is 29.4. The van der Waals surface area contributed by atoms with E-state index in [9.17, 15) is 49.5 Å². The van der Waals surface area contributed by atoms with Crippen LogP contribution in [0.1, 0.15) is 40.0 Å². The molecule has 0 aromatic heterocycles. The summed E-state index contributed by atoms with van der Waals surface area (Å²) in [6.45, 7) is -7.17. The molecule has 0 aliphatic carbocycles. The highest BCUT2D eigenvalue weighted by atomic mass is 16.8. The largest absolute Gasteiger partial charge is 0.504 e. The minimum absolute atomic E-state index is 0.0749. The Hall–Kier alpha value is -4.33. The Labute approximate surface area is 274 Å². The normalized spacial score (nSPS) is 32.0. The van der Waals surface area contributed by atoms with Crippen LogP contribution in [0.2, 0.25) is 0 Å². The molecule has 1 aromatic carbocycles. The summed E-state index contributed by atoms with van der Waals surface area (Å²) in [6, 6.07) is 2.59. The number of ether oxygens (including phenoxy) is 8. The van der Waals surface area contributed by atoms with Gasteiger partial charge in [-0.15, -0.1) is 0 Å². The third-order valence-electron chi connectivity index (χ3n) is 6.57. The van der Waals surface area contributed by atoms with E-state index in [1.54, 1.807) is 0 Å². The molecule has 0 radical (unpaired) electrons. The van der Waals surface area contributed by atoms with E-state index in [1.165, 1.54) is 6.07 Å². The summed E-state index contributed by atoms with van der Waals surface area (Å²) >= 11 is 0. The lowest BCUT2D eigenvalue weighted by Gasteiger charge is -2.46. The summed E-state index contributed by atoms with van der Waals surface area (Å²) < 4.78 is 80.7. The first kappa shape index (κ1) is 30.0. The number of carbonyl (C=O) groups is 5. The van der Waals surface area contributed by atoms with Gasteiger partial charge >= 0.3 is 29.8 Å². The Morgan fingerprint density at radius 1 is 0.894 bits per heavy atom. The predicted octanol–water partition coefficient (Wildman–Crippen LogP) is -1.44. The Morgan fingerprint density at radius 3 is 2.13 bits per heavy atom.